The molecule has 1 amide bonds. The number of alkyl halides is 1. The lowest BCUT2D eigenvalue weighted by Crippen LogP contribution is -2.31. The van der Waals surface area contributed by atoms with E-state index in [0.29, 0.717) is 4.83 Å². The topological polar surface area (TPSA) is 29.1 Å². The minimum absolute atomic E-state index is 0.0826. The van der Waals surface area contributed by atoms with Gasteiger partial charge in [-0.05, 0) is 36.0 Å². The molecule has 1 aliphatic carbocycles. The zero-order chi connectivity index (χ0) is 11.8. The van der Waals surface area contributed by atoms with Gasteiger partial charge in [0.05, 0.1) is 0 Å². The average Bonchev–Trinajstić information content (AvgIpc) is 3.13. The van der Waals surface area contributed by atoms with Crippen molar-refractivity contribution in [2.24, 2.45) is 5.92 Å². The number of rotatable bonds is 3. The second-order valence-corrected chi connectivity index (χ2v) is 6.17. The largest absolute Gasteiger partial charge is 0.352 e. The van der Waals surface area contributed by atoms with Gasteiger partial charge in [0.1, 0.15) is 0 Å². The molecule has 3 rings (SSSR count). The highest BCUT2D eigenvalue weighted by atomic mass is 79.9. The van der Waals surface area contributed by atoms with Crippen LogP contribution in [0.15, 0.2) is 18.2 Å². The number of nitrogens with one attached hydrogen (secondary N) is 1. The lowest BCUT2D eigenvalue weighted by Gasteiger charge is -2.18. The monoisotopic (exact) mass is 293 g/mol. The van der Waals surface area contributed by atoms with Crippen molar-refractivity contribution in [2.45, 2.75) is 30.5 Å². The number of fused-ring (bicyclic) bond motifs is 1. The predicted molar refractivity (Wildman–Crippen MR) is 71.5 cm³/mol. The van der Waals surface area contributed by atoms with Gasteiger partial charge in [0.15, 0.2) is 0 Å². The fourth-order valence-corrected chi connectivity index (χ4v) is 3.22. The van der Waals surface area contributed by atoms with Gasteiger partial charge < -0.3 is 5.32 Å². The molecule has 1 aromatic carbocycles. The Balaban J connectivity index is 1.85. The molecule has 0 spiro atoms. The molecule has 0 aromatic heterocycles. The van der Waals surface area contributed by atoms with Crippen LogP contribution in [0.3, 0.4) is 0 Å². The van der Waals surface area contributed by atoms with Crippen LogP contribution in [0.1, 0.15) is 45.6 Å². The van der Waals surface area contributed by atoms with Crippen molar-refractivity contribution in [1.29, 1.82) is 0 Å². The molecule has 1 atom stereocenters. The van der Waals surface area contributed by atoms with Crippen molar-refractivity contribution in [1.82, 2.24) is 5.32 Å². The third-order valence-corrected chi connectivity index (χ3v) is 4.56. The summed E-state index contributed by atoms with van der Waals surface area (Å²) in [6.45, 7) is 0.769. The molecule has 2 aliphatic rings. The molecule has 0 saturated heterocycles. The number of halogens is 1. The number of hydrogen-bond acceptors (Lipinski definition) is 1. The molecular weight excluding hydrogens is 278 g/mol. The minimum atomic E-state index is 0.0826. The number of carbonyl (C=O) groups excluding carboxylic acids is 1. The second-order valence-electron chi connectivity index (χ2n) is 5.07. The Morgan fingerprint density at radius 2 is 2.24 bits per heavy atom. The molecule has 3 heteroatoms. The van der Waals surface area contributed by atoms with Crippen LogP contribution in [-0.2, 0) is 6.42 Å². The van der Waals surface area contributed by atoms with Crippen LogP contribution in [-0.4, -0.2) is 12.5 Å². The summed E-state index contributed by atoms with van der Waals surface area (Å²) in [7, 11) is 0. The van der Waals surface area contributed by atoms with Crippen LogP contribution in [0.5, 0.6) is 0 Å². The van der Waals surface area contributed by atoms with Gasteiger partial charge >= 0.3 is 0 Å². The van der Waals surface area contributed by atoms with Crippen molar-refractivity contribution in [2.75, 3.05) is 6.54 Å². The summed E-state index contributed by atoms with van der Waals surface area (Å²) >= 11 is 3.74. The van der Waals surface area contributed by atoms with Gasteiger partial charge in [-0.15, -0.1) is 0 Å². The fourth-order valence-electron chi connectivity index (χ4n) is 2.41. The van der Waals surface area contributed by atoms with E-state index in [4.69, 9.17) is 0 Å². The first-order chi connectivity index (χ1) is 8.24. The summed E-state index contributed by atoms with van der Waals surface area (Å²) in [5, 5.41) is 2.90. The van der Waals surface area contributed by atoms with Crippen molar-refractivity contribution >= 4 is 21.8 Å². The zero-order valence-corrected chi connectivity index (χ0v) is 11.3. The van der Waals surface area contributed by atoms with E-state index in [1.54, 1.807) is 0 Å². The van der Waals surface area contributed by atoms with Crippen LogP contribution in [0.2, 0.25) is 0 Å². The number of amides is 1. The summed E-state index contributed by atoms with van der Waals surface area (Å²) in [6, 6.07) is 6.34. The average molecular weight is 294 g/mol. The van der Waals surface area contributed by atoms with Crippen LogP contribution in [0.4, 0.5) is 0 Å². The van der Waals surface area contributed by atoms with Gasteiger partial charge in [-0.1, -0.05) is 40.9 Å². The summed E-state index contributed by atoms with van der Waals surface area (Å²) < 4.78 is 0. The molecule has 0 radical (unpaired) electrons. The molecular formula is C14H16BrNO. The van der Waals surface area contributed by atoms with E-state index in [2.05, 4.69) is 39.4 Å². The highest BCUT2D eigenvalue weighted by Crippen LogP contribution is 2.41. The molecule has 1 fully saturated rings. The van der Waals surface area contributed by atoms with E-state index >= 15 is 0 Å². The maximum Gasteiger partial charge on any atom is 0.251 e. The smallest absolute Gasteiger partial charge is 0.251 e. The predicted octanol–water partition coefficient (Wildman–Crippen LogP) is 3.21. The summed E-state index contributed by atoms with van der Waals surface area (Å²) in [5.41, 5.74) is 3.30. The van der Waals surface area contributed by atoms with Crippen LogP contribution < -0.4 is 5.32 Å². The van der Waals surface area contributed by atoms with E-state index in [9.17, 15) is 4.79 Å². The molecule has 17 heavy (non-hydrogen) atoms. The van der Waals surface area contributed by atoms with E-state index in [-0.39, 0.29) is 5.91 Å². The number of carbonyl (C=O) groups is 1. The van der Waals surface area contributed by atoms with Crippen molar-refractivity contribution < 1.29 is 4.79 Å². The maximum absolute atomic E-state index is 11.8. The van der Waals surface area contributed by atoms with Gasteiger partial charge in [0.2, 0.25) is 0 Å². The highest BCUT2D eigenvalue weighted by molar-refractivity contribution is 9.09. The van der Waals surface area contributed by atoms with E-state index in [1.165, 1.54) is 30.4 Å². The Labute approximate surface area is 110 Å². The first-order valence-corrected chi connectivity index (χ1v) is 7.20. The van der Waals surface area contributed by atoms with Crippen molar-refractivity contribution in [3.05, 3.63) is 34.9 Å². The standard InChI is InChI=1S/C14H16BrNO/c15-13(7-9-1-2-9)11-4-3-10-5-6-16-14(17)12(10)8-11/h3-4,8-9,13H,1-2,5-7H2,(H,16,17). The molecule has 1 unspecified atom stereocenters. The van der Waals surface area contributed by atoms with Crippen molar-refractivity contribution in [3.63, 3.8) is 0 Å². The van der Waals surface area contributed by atoms with Gasteiger partial charge in [-0.3, -0.25) is 4.79 Å². The van der Waals surface area contributed by atoms with E-state index in [0.717, 1.165) is 24.4 Å². The Morgan fingerprint density at radius 3 is 3.00 bits per heavy atom. The van der Waals surface area contributed by atoms with Crippen LogP contribution in [0.25, 0.3) is 0 Å². The lowest BCUT2D eigenvalue weighted by molar-refractivity contribution is 0.0946. The van der Waals surface area contributed by atoms with Gasteiger partial charge in [0, 0.05) is 16.9 Å². The zero-order valence-electron chi connectivity index (χ0n) is 9.71. The Morgan fingerprint density at radius 1 is 1.41 bits per heavy atom. The first-order valence-electron chi connectivity index (χ1n) is 6.29. The Kier molecular flexibility index (Phi) is 2.95. The van der Waals surface area contributed by atoms with Crippen LogP contribution in [0, 0.1) is 5.92 Å². The Hall–Kier alpha value is -0.830. The molecule has 1 saturated carbocycles. The molecule has 1 heterocycles. The molecule has 90 valence electrons. The number of hydrogen-bond donors (Lipinski definition) is 1. The van der Waals surface area contributed by atoms with Gasteiger partial charge in [0.25, 0.3) is 5.91 Å². The van der Waals surface area contributed by atoms with Crippen molar-refractivity contribution in [3.8, 4) is 0 Å². The van der Waals surface area contributed by atoms with E-state index < -0.39 is 0 Å². The summed E-state index contributed by atoms with van der Waals surface area (Å²) in [4.78, 5) is 12.2. The third-order valence-electron chi connectivity index (χ3n) is 3.66. The summed E-state index contributed by atoms with van der Waals surface area (Å²) in [5.74, 6) is 0.975. The van der Waals surface area contributed by atoms with Gasteiger partial charge in [-0.2, -0.15) is 0 Å². The second kappa shape index (κ2) is 4.45. The highest BCUT2D eigenvalue weighted by Gasteiger charge is 2.26. The normalized spacial score (nSPS) is 20.6. The van der Waals surface area contributed by atoms with E-state index in [1.807, 2.05) is 0 Å². The minimum Gasteiger partial charge on any atom is -0.352 e. The quantitative estimate of drug-likeness (QED) is 0.852. The molecule has 1 N–H and O–H groups in total. The molecule has 0 bridgehead atoms. The van der Waals surface area contributed by atoms with Gasteiger partial charge in [-0.25, -0.2) is 0 Å². The first kappa shape index (κ1) is 11.3. The number of benzene rings is 1. The maximum atomic E-state index is 11.8. The molecule has 1 aromatic rings. The lowest BCUT2D eigenvalue weighted by atomic mass is 9.96. The third kappa shape index (κ3) is 2.39. The fraction of sp³-hybridized carbons (Fsp3) is 0.500. The van der Waals surface area contributed by atoms with Crippen LogP contribution >= 0.6 is 15.9 Å². The molecule has 1 aliphatic heterocycles. The summed E-state index contributed by atoms with van der Waals surface area (Å²) in [6.07, 6.45) is 4.89. The Bertz CT molecular complexity index is 454. The molecule has 2 nitrogen and oxygen atoms in total. The SMILES string of the molecule is O=C1NCCc2ccc(C(Br)CC3CC3)cc21.